The summed E-state index contributed by atoms with van der Waals surface area (Å²) in [4.78, 5) is 4.92. The largest absolute Gasteiger partial charge is 0.306 e. The monoisotopic (exact) mass is 214 g/mol. The summed E-state index contributed by atoms with van der Waals surface area (Å²) < 4.78 is 0. The minimum Gasteiger partial charge on any atom is -0.306 e. The van der Waals surface area contributed by atoms with Gasteiger partial charge >= 0.3 is 0 Å². The Labute approximate surface area is 96.6 Å². The van der Waals surface area contributed by atoms with E-state index in [9.17, 15) is 0 Å². The molecular formula is C13H30N2. The van der Waals surface area contributed by atoms with Crippen molar-refractivity contribution in [2.75, 3.05) is 33.7 Å². The van der Waals surface area contributed by atoms with Gasteiger partial charge in [0.2, 0.25) is 0 Å². The third-order valence-electron chi connectivity index (χ3n) is 3.15. The van der Waals surface area contributed by atoms with Crippen LogP contribution < -0.4 is 0 Å². The van der Waals surface area contributed by atoms with E-state index in [4.69, 9.17) is 0 Å². The standard InChI is InChI=1S/C11H24N2.C2H6/c1-10(2)13(4)9-11-6-5-7-12(3)8-11;1-2/h10-11H,5-9H2,1-4H3;1-2H3. The van der Waals surface area contributed by atoms with Crippen LogP contribution in [0.5, 0.6) is 0 Å². The van der Waals surface area contributed by atoms with Crippen molar-refractivity contribution in [3.05, 3.63) is 0 Å². The van der Waals surface area contributed by atoms with Crippen molar-refractivity contribution in [2.24, 2.45) is 5.92 Å². The molecule has 0 spiro atoms. The summed E-state index contributed by atoms with van der Waals surface area (Å²) >= 11 is 0. The maximum Gasteiger partial charge on any atom is 0.00356 e. The van der Waals surface area contributed by atoms with Gasteiger partial charge in [0, 0.05) is 19.1 Å². The molecule has 0 aliphatic carbocycles. The van der Waals surface area contributed by atoms with E-state index in [0.717, 1.165) is 5.92 Å². The Hall–Kier alpha value is -0.0800. The number of likely N-dealkylation sites (tertiary alicyclic amines) is 1. The van der Waals surface area contributed by atoms with Gasteiger partial charge in [-0.2, -0.15) is 0 Å². The zero-order valence-corrected chi connectivity index (χ0v) is 11.6. The van der Waals surface area contributed by atoms with Gasteiger partial charge < -0.3 is 9.80 Å². The fourth-order valence-electron chi connectivity index (χ4n) is 2.04. The van der Waals surface area contributed by atoms with Crippen molar-refractivity contribution in [3.8, 4) is 0 Å². The summed E-state index contributed by atoms with van der Waals surface area (Å²) in [5, 5.41) is 0. The highest BCUT2D eigenvalue weighted by Crippen LogP contribution is 2.16. The van der Waals surface area contributed by atoms with Crippen molar-refractivity contribution in [3.63, 3.8) is 0 Å². The quantitative estimate of drug-likeness (QED) is 0.713. The second kappa shape index (κ2) is 8.12. The van der Waals surface area contributed by atoms with Gasteiger partial charge in [0.25, 0.3) is 0 Å². The Kier molecular flexibility index (Phi) is 8.07. The highest BCUT2D eigenvalue weighted by atomic mass is 15.1. The highest BCUT2D eigenvalue weighted by molar-refractivity contribution is 4.73. The van der Waals surface area contributed by atoms with E-state index in [2.05, 4.69) is 37.7 Å². The highest BCUT2D eigenvalue weighted by Gasteiger charge is 2.19. The average molecular weight is 214 g/mol. The summed E-state index contributed by atoms with van der Waals surface area (Å²) in [5.74, 6) is 0.895. The maximum atomic E-state index is 2.46. The average Bonchev–Trinajstić information content (AvgIpc) is 2.20. The minimum atomic E-state index is 0.687. The molecule has 15 heavy (non-hydrogen) atoms. The fourth-order valence-corrected chi connectivity index (χ4v) is 2.04. The second-order valence-corrected chi connectivity index (χ2v) is 4.80. The molecule has 0 aromatic heterocycles. The topological polar surface area (TPSA) is 6.48 Å². The first kappa shape index (κ1) is 14.9. The van der Waals surface area contributed by atoms with Crippen LogP contribution in [0.1, 0.15) is 40.5 Å². The lowest BCUT2D eigenvalue weighted by molar-refractivity contribution is 0.151. The Morgan fingerprint density at radius 2 is 1.93 bits per heavy atom. The van der Waals surface area contributed by atoms with Crippen molar-refractivity contribution in [1.29, 1.82) is 0 Å². The van der Waals surface area contributed by atoms with Gasteiger partial charge in [-0.15, -0.1) is 0 Å². The van der Waals surface area contributed by atoms with Crippen LogP contribution >= 0.6 is 0 Å². The van der Waals surface area contributed by atoms with Crippen LogP contribution in [-0.2, 0) is 0 Å². The molecule has 0 N–H and O–H groups in total. The Morgan fingerprint density at radius 3 is 2.40 bits per heavy atom. The molecule has 92 valence electrons. The molecule has 0 saturated carbocycles. The first-order valence-corrected chi connectivity index (χ1v) is 6.48. The SMILES string of the molecule is CC.CC(C)N(C)CC1CCCN(C)C1. The Bertz CT molecular complexity index is 145. The van der Waals surface area contributed by atoms with Gasteiger partial charge in [-0.3, -0.25) is 0 Å². The molecule has 1 aliphatic heterocycles. The molecule has 0 amide bonds. The van der Waals surface area contributed by atoms with E-state index < -0.39 is 0 Å². The van der Waals surface area contributed by atoms with Crippen LogP contribution in [0.15, 0.2) is 0 Å². The number of hydrogen-bond donors (Lipinski definition) is 0. The molecule has 0 radical (unpaired) electrons. The maximum absolute atomic E-state index is 2.46. The van der Waals surface area contributed by atoms with Crippen LogP contribution in [0.25, 0.3) is 0 Å². The van der Waals surface area contributed by atoms with Gasteiger partial charge in [-0.1, -0.05) is 13.8 Å². The van der Waals surface area contributed by atoms with Crippen molar-refractivity contribution >= 4 is 0 Å². The van der Waals surface area contributed by atoms with Gasteiger partial charge in [0.1, 0.15) is 0 Å². The predicted octanol–water partition coefficient (Wildman–Crippen LogP) is 2.69. The van der Waals surface area contributed by atoms with Crippen LogP contribution in [0.4, 0.5) is 0 Å². The lowest BCUT2D eigenvalue weighted by atomic mass is 9.98. The first-order chi connectivity index (χ1) is 7.09. The number of piperidine rings is 1. The summed E-state index contributed by atoms with van der Waals surface area (Å²) in [5.41, 5.74) is 0. The van der Waals surface area contributed by atoms with Crippen molar-refractivity contribution in [1.82, 2.24) is 9.80 Å². The lowest BCUT2D eigenvalue weighted by Gasteiger charge is -2.33. The molecule has 2 heteroatoms. The van der Waals surface area contributed by atoms with Crippen LogP contribution in [-0.4, -0.2) is 49.6 Å². The van der Waals surface area contributed by atoms with Crippen LogP contribution in [0, 0.1) is 5.92 Å². The Balaban J connectivity index is 0.000000921. The molecular weight excluding hydrogens is 184 g/mol. The molecule has 0 aromatic rings. The molecule has 1 fully saturated rings. The molecule has 0 aromatic carbocycles. The second-order valence-electron chi connectivity index (χ2n) is 4.80. The Morgan fingerprint density at radius 1 is 1.33 bits per heavy atom. The molecule has 1 saturated heterocycles. The smallest absolute Gasteiger partial charge is 0.00356 e. The number of rotatable bonds is 3. The van der Waals surface area contributed by atoms with E-state index in [-0.39, 0.29) is 0 Å². The fraction of sp³-hybridized carbons (Fsp3) is 1.00. The zero-order chi connectivity index (χ0) is 11.8. The lowest BCUT2D eigenvalue weighted by Crippen LogP contribution is -2.39. The van der Waals surface area contributed by atoms with Crippen LogP contribution in [0.2, 0.25) is 0 Å². The van der Waals surface area contributed by atoms with E-state index in [1.807, 2.05) is 13.8 Å². The summed E-state index contributed by atoms with van der Waals surface area (Å²) in [6.07, 6.45) is 2.80. The first-order valence-electron chi connectivity index (χ1n) is 6.48. The minimum absolute atomic E-state index is 0.687. The molecule has 1 unspecified atom stereocenters. The van der Waals surface area contributed by atoms with Gasteiger partial charge in [0.15, 0.2) is 0 Å². The molecule has 1 atom stereocenters. The van der Waals surface area contributed by atoms with E-state index in [1.54, 1.807) is 0 Å². The third-order valence-corrected chi connectivity index (χ3v) is 3.15. The number of hydrogen-bond acceptors (Lipinski definition) is 2. The summed E-state index contributed by atoms with van der Waals surface area (Å²) in [6.45, 7) is 12.4. The zero-order valence-electron chi connectivity index (χ0n) is 11.6. The number of nitrogens with zero attached hydrogens (tertiary/aromatic N) is 2. The van der Waals surface area contributed by atoms with E-state index in [0.29, 0.717) is 6.04 Å². The van der Waals surface area contributed by atoms with E-state index in [1.165, 1.54) is 32.5 Å². The molecule has 1 heterocycles. The third kappa shape index (κ3) is 6.16. The van der Waals surface area contributed by atoms with Crippen molar-refractivity contribution in [2.45, 2.75) is 46.6 Å². The molecule has 2 nitrogen and oxygen atoms in total. The van der Waals surface area contributed by atoms with E-state index >= 15 is 0 Å². The molecule has 1 aliphatic rings. The molecule has 1 rings (SSSR count). The van der Waals surface area contributed by atoms with Crippen LogP contribution in [0.3, 0.4) is 0 Å². The van der Waals surface area contributed by atoms with Gasteiger partial charge in [-0.25, -0.2) is 0 Å². The van der Waals surface area contributed by atoms with Gasteiger partial charge in [0.05, 0.1) is 0 Å². The predicted molar refractivity (Wildman–Crippen MR) is 69.3 cm³/mol. The van der Waals surface area contributed by atoms with Gasteiger partial charge in [-0.05, 0) is 53.2 Å². The van der Waals surface area contributed by atoms with Crippen molar-refractivity contribution < 1.29 is 0 Å². The summed E-state index contributed by atoms with van der Waals surface area (Å²) in [7, 11) is 4.47. The molecule has 0 bridgehead atoms. The summed E-state index contributed by atoms with van der Waals surface area (Å²) in [6, 6.07) is 0.687. The normalized spacial score (nSPS) is 22.8.